The second kappa shape index (κ2) is 7.19. The lowest BCUT2D eigenvalue weighted by Crippen LogP contribution is -2.40. The molecule has 0 saturated carbocycles. The third-order valence-corrected chi connectivity index (χ3v) is 4.45. The molecular weight excluding hydrogens is 262 g/mol. The minimum atomic E-state index is 0.241. The lowest BCUT2D eigenvalue weighted by molar-refractivity contribution is 0.0147. The first-order valence-corrected chi connectivity index (χ1v) is 7.96. The number of ketones is 1. The van der Waals surface area contributed by atoms with Crippen LogP contribution in [0.5, 0.6) is 0 Å². The van der Waals surface area contributed by atoms with Crippen molar-refractivity contribution in [1.29, 1.82) is 0 Å². The topological polar surface area (TPSA) is 29.5 Å². The number of likely N-dealkylation sites (tertiary alicyclic amines) is 1. The molecule has 0 bridgehead atoms. The van der Waals surface area contributed by atoms with Crippen LogP contribution >= 0.6 is 0 Å². The third kappa shape index (κ3) is 4.14. The summed E-state index contributed by atoms with van der Waals surface area (Å²) in [6.07, 6.45) is 2.45. The average Bonchev–Trinajstić information content (AvgIpc) is 2.45. The van der Waals surface area contributed by atoms with E-state index < -0.39 is 0 Å². The van der Waals surface area contributed by atoms with Gasteiger partial charge in [0, 0.05) is 25.3 Å². The van der Waals surface area contributed by atoms with E-state index in [-0.39, 0.29) is 5.78 Å². The van der Waals surface area contributed by atoms with Crippen molar-refractivity contribution in [2.24, 2.45) is 0 Å². The maximum atomic E-state index is 12.5. The summed E-state index contributed by atoms with van der Waals surface area (Å²) in [5.74, 6) is 0.241. The summed E-state index contributed by atoms with van der Waals surface area (Å²) < 4.78 is 5.66. The standard InChI is InChI=1S/C18H27NO2/c1-5-21-16-6-8-19(9-7-16)12-18(20)17-11-14(3)13(2)10-15(17)4/h10-11,16H,5-9,12H2,1-4H3. The first-order chi connectivity index (χ1) is 10.0. The smallest absolute Gasteiger partial charge is 0.177 e. The summed E-state index contributed by atoms with van der Waals surface area (Å²) in [4.78, 5) is 14.8. The largest absolute Gasteiger partial charge is 0.378 e. The van der Waals surface area contributed by atoms with Crippen LogP contribution in [0.3, 0.4) is 0 Å². The SMILES string of the molecule is CCOC1CCN(CC(=O)c2cc(C)c(C)cc2C)CC1. The van der Waals surface area contributed by atoms with Crippen LogP contribution in [0.2, 0.25) is 0 Å². The maximum absolute atomic E-state index is 12.5. The molecule has 3 nitrogen and oxygen atoms in total. The summed E-state index contributed by atoms with van der Waals surface area (Å²) in [5, 5.41) is 0. The number of hydrogen-bond donors (Lipinski definition) is 0. The first kappa shape index (κ1) is 16.2. The van der Waals surface area contributed by atoms with Crippen molar-refractivity contribution in [2.75, 3.05) is 26.2 Å². The minimum Gasteiger partial charge on any atom is -0.378 e. The van der Waals surface area contributed by atoms with E-state index >= 15 is 0 Å². The fourth-order valence-electron chi connectivity index (χ4n) is 3.02. The van der Waals surface area contributed by atoms with Crippen LogP contribution in [0.1, 0.15) is 46.8 Å². The van der Waals surface area contributed by atoms with Crippen molar-refractivity contribution in [1.82, 2.24) is 4.90 Å². The van der Waals surface area contributed by atoms with E-state index in [1.165, 1.54) is 11.1 Å². The van der Waals surface area contributed by atoms with E-state index in [1.807, 2.05) is 19.9 Å². The van der Waals surface area contributed by atoms with E-state index in [9.17, 15) is 4.79 Å². The van der Waals surface area contributed by atoms with E-state index in [4.69, 9.17) is 4.74 Å². The predicted molar refractivity (Wildman–Crippen MR) is 86.1 cm³/mol. The van der Waals surface area contributed by atoms with Crippen molar-refractivity contribution in [2.45, 2.75) is 46.6 Å². The number of Topliss-reactive ketones (excluding diaryl/α,β-unsaturated/α-hetero) is 1. The Morgan fingerprint density at radius 2 is 1.76 bits per heavy atom. The molecule has 0 spiro atoms. The quantitative estimate of drug-likeness (QED) is 0.779. The monoisotopic (exact) mass is 289 g/mol. The molecule has 0 amide bonds. The zero-order valence-corrected chi connectivity index (χ0v) is 13.7. The van der Waals surface area contributed by atoms with Gasteiger partial charge in [0.2, 0.25) is 0 Å². The number of piperidine rings is 1. The second-order valence-electron chi connectivity index (χ2n) is 6.11. The molecule has 1 aliphatic heterocycles. The minimum absolute atomic E-state index is 0.241. The number of aryl methyl sites for hydroxylation is 3. The molecule has 0 aliphatic carbocycles. The molecule has 0 N–H and O–H groups in total. The summed E-state index contributed by atoms with van der Waals surface area (Å²) in [5.41, 5.74) is 4.41. The van der Waals surface area contributed by atoms with Crippen LogP contribution in [0.15, 0.2) is 12.1 Å². The van der Waals surface area contributed by atoms with Crippen LogP contribution in [0, 0.1) is 20.8 Å². The van der Waals surface area contributed by atoms with Gasteiger partial charge in [-0.1, -0.05) is 6.07 Å². The highest BCUT2D eigenvalue weighted by atomic mass is 16.5. The van der Waals surface area contributed by atoms with Crippen molar-refractivity contribution in [3.8, 4) is 0 Å². The van der Waals surface area contributed by atoms with Crippen LogP contribution in [-0.2, 0) is 4.74 Å². The van der Waals surface area contributed by atoms with E-state index in [0.29, 0.717) is 12.6 Å². The number of rotatable bonds is 5. The Labute approximate surface area is 128 Å². The number of carbonyl (C=O) groups is 1. The Morgan fingerprint density at radius 3 is 2.38 bits per heavy atom. The molecule has 116 valence electrons. The summed E-state index contributed by atoms with van der Waals surface area (Å²) in [6.45, 7) is 11.5. The highest BCUT2D eigenvalue weighted by Crippen LogP contribution is 2.18. The second-order valence-corrected chi connectivity index (χ2v) is 6.11. The van der Waals surface area contributed by atoms with Gasteiger partial charge in [-0.2, -0.15) is 0 Å². The van der Waals surface area contributed by atoms with E-state index in [1.54, 1.807) is 0 Å². The molecule has 0 aromatic heterocycles. The Balaban J connectivity index is 1.95. The van der Waals surface area contributed by atoms with Crippen molar-refractivity contribution >= 4 is 5.78 Å². The Morgan fingerprint density at radius 1 is 1.14 bits per heavy atom. The molecule has 21 heavy (non-hydrogen) atoms. The number of hydrogen-bond acceptors (Lipinski definition) is 3. The maximum Gasteiger partial charge on any atom is 0.177 e. The lowest BCUT2D eigenvalue weighted by Gasteiger charge is -2.31. The Bertz CT molecular complexity index is 502. The van der Waals surface area contributed by atoms with Gasteiger partial charge in [0.1, 0.15) is 0 Å². The Hall–Kier alpha value is -1.19. The van der Waals surface area contributed by atoms with Crippen molar-refractivity contribution < 1.29 is 9.53 Å². The summed E-state index contributed by atoms with van der Waals surface area (Å²) in [6, 6.07) is 4.16. The van der Waals surface area contributed by atoms with Crippen LogP contribution in [0.4, 0.5) is 0 Å². The van der Waals surface area contributed by atoms with Crippen molar-refractivity contribution in [3.63, 3.8) is 0 Å². The van der Waals surface area contributed by atoms with Crippen LogP contribution in [-0.4, -0.2) is 43.0 Å². The molecule has 1 aliphatic rings. The summed E-state index contributed by atoms with van der Waals surface area (Å²) in [7, 11) is 0. The van der Waals surface area contributed by atoms with Gasteiger partial charge in [0.15, 0.2) is 5.78 Å². The van der Waals surface area contributed by atoms with Gasteiger partial charge in [0.25, 0.3) is 0 Å². The van der Waals surface area contributed by atoms with Gasteiger partial charge in [0.05, 0.1) is 12.6 Å². The average molecular weight is 289 g/mol. The van der Waals surface area contributed by atoms with Gasteiger partial charge in [-0.25, -0.2) is 0 Å². The van der Waals surface area contributed by atoms with Gasteiger partial charge in [-0.05, 0) is 63.3 Å². The molecule has 1 aromatic rings. The molecule has 3 heteroatoms. The fourth-order valence-corrected chi connectivity index (χ4v) is 3.02. The first-order valence-electron chi connectivity index (χ1n) is 7.96. The van der Waals surface area contributed by atoms with E-state index in [2.05, 4.69) is 24.8 Å². The molecular formula is C18H27NO2. The summed E-state index contributed by atoms with van der Waals surface area (Å²) >= 11 is 0. The third-order valence-electron chi connectivity index (χ3n) is 4.45. The van der Waals surface area contributed by atoms with Gasteiger partial charge < -0.3 is 4.74 Å². The van der Waals surface area contributed by atoms with Gasteiger partial charge in [-0.3, -0.25) is 9.69 Å². The zero-order chi connectivity index (χ0) is 15.4. The predicted octanol–water partition coefficient (Wildman–Crippen LogP) is 3.30. The van der Waals surface area contributed by atoms with Crippen LogP contribution < -0.4 is 0 Å². The molecule has 0 unspecified atom stereocenters. The molecule has 1 heterocycles. The molecule has 0 radical (unpaired) electrons. The normalized spacial score (nSPS) is 17.1. The number of ether oxygens (including phenoxy) is 1. The van der Waals surface area contributed by atoms with Gasteiger partial charge >= 0.3 is 0 Å². The zero-order valence-electron chi connectivity index (χ0n) is 13.7. The molecule has 1 saturated heterocycles. The molecule has 0 atom stereocenters. The van der Waals surface area contributed by atoms with Crippen LogP contribution in [0.25, 0.3) is 0 Å². The van der Waals surface area contributed by atoms with Crippen molar-refractivity contribution in [3.05, 3.63) is 34.4 Å². The fraction of sp³-hybridized carbons (Fsp3) is 0.611. The highest BCUT2D eigenvalue weighted by Gasteiger charge is 2.22. The van der Waals surface area contributed by atoms with E-state index in [0.717, 1.165) is 43.7 Å². The molecule has 2 rings (SSSR count). The highest BCUT2D eigenvalue weighted by molar-refractivity contribution is 5.99. The lowest BCUT2D eigenvalue weighted by atomic mass is 9.97. The number of carbonyl (C=O) groups excluding carboxylic acids is 1. The Kier molecular flexibility index (Phi) is 5.54. The number of benzene rings is 1. The number of nitrogens with zero attached hydrogens (tertiary/aromatic N) is 1. The molecule has 1 fully saturated rings. The molecule has 1 aromatic carbocycles. The van der Waals surface area contributed by atoms with Gasteiger partial charge in [-0.15, -0.1) is 0 Å².